The van der Waals surface area contributed by atoms with Crippen LogP contribution >= 0.6 is 0 Å². The Morgan fingerprint density at radius 1 is 1.17 bits per heavy atom. The summed E-state index contributed by atoms with van der Waals surface area (Å²) in [5.74, 6) is 1.27. The molecule has 2 aromatic rings. The lowest BCUT2D eigenvalue weighted by Gasteiger charge is -2.15. The van der Waals surface area contributed by atoms with E-state index < -0.39 is 0 Å². The van der Waals surface area contributed by atoms with Gasteiger partial charge < -0.3 is 20.3 Å². The molecule has 0 unspecified atom stereocenters. The standard InChI is InChI=1S/C18H18N4O2/c19-13-22-11-10-14(12-22)20-18(23)21-16-8-4-5-9-17(16)24-15-6-2-1-3-7-15/h1-9,14H,10-12H2,(H2,20,21,23)/t14-/m1/s1. The van der Waals surface area contributed by atoms with Crippen LogP contribution in [0.25, 0.3) is 0 Å². The second kappa shape index (κ2) is 7.38. The van der Waals surface area contributed by atoms with Gasteiger partial charge in [-0.15, -0.1) is 0 Å². The minimum atomic E-state index is -0.302. The topological polar surface area (TPSA) is 77.4 Å². The minimum absolute atomic E-state index is 0.0214. The Balaban J connectivity index is 1.63. The molecule has 24 heavy (non-hydrogen) atoms. The maximum atomic E-state index is 12.2. The molecule has 0 bridgehead atoms. The number of benzene rings is 2. The first kappa shape index (κ1) is 15.7. The average molecular weight is 322 g/mol. The number of nitriles is 1. The van der Waals surface area contributed by atoms with Crippen LogP contribution in [0.1, 0.15) is 6.42 Å². The van der Waals surface area contributed by atoms with Gasteiger partial charge in [0, 0.05) is 13.1 Å². The van der Waals surface area contributed by atoms with Crippen molar-refractivity contribution in [1.82, 2.24) is 10.2 Å². The van der Waals surface area contributed by atoms with Crippen LogP contribution < -0.4 is 15.4 Å². The lowest BCUT2D eigenvalue weighted by atomic mass is 10.2. The summed E-state index contributed by atoms with van der Waals surface area (Å²) in [4.78, 5) is 13.8. The van der Waals surface area contributed by atoms with Gasteiger partial charge in [-0.3, -0.25) is 0 Å². The van der Waals surface area contributed by atoms with Crippen LogP contribution in [0.5, 0.6) is 11.5 Å². The van der Waals surface area contributed by atoms with Gasteiger partial charge in [-0.05, 0) is 30.7 Å². The predicted octanol–water partition coefficient (Wildman–Crippen LogP) is 3.16. The van der Waals surface area contributed by atoms with Crippen LogP contribution in [-0.2, 0) is 0 Å². The van der Waals surface area contributed by atoms with E-state index in [0.717, 1.165) is 6.42 Å². The zero-order valence-corrected chi connectivity index (χ0v) is 13.1. The summed E-state index contributed by atoms with van der Waals surface area (Å²) in [6.45, 7) is 1.22. The Morgan fingerprint density at radius 2 is 1.92 bits per heavy atom. The quantitative estimate of drug-likeness (QED) is 0.848. The van der Waals surface area contributed by atoms with Crippen LogP contribution in [0, 0.1) is 11.5 Å². The summed E-state index contributed by atoms with van der Waals surface area (Å²) in [6, 6.07) is 16.3. The molecule has 2 amide bonds. The molecular weight excluding hydrogens is 304 g/mol. The SMILES string of the molecule is N#CN1CC[C@@H](NC(=O)Nc2ccccc2Oc2ccccc2)C1. The van der Waals surface area contributed by atoms with Crippen LogP contribution in [0.3, 0.4) is 0 Å². The molecule has 1 saturated heterocycles. The molecule has 2 N–H and O–H groups in total. The summed E-state index contributed by atoms with van der Waals surface area (Å²) in [5.41, 5.74) is 0.592. The van der Waals surface area contributed by atoms with Gasteiger partial charge in [0.1, 0.15) is 5.75 Å². The molecule has 2 aromatic carbocycles. The fourth-order valence-electron chi connectivity index (χ4n) is 2.59. The monoisotopic (exact) mass is 322 g/mol. The van der Waals surface area contributed by atoms with E-state index in [-0.39, 0.29) is 12.1 Å². The van der Waals surface area contributed by atoms with Crippen molar-refractivity contribution in [2.45, 2.75) is 12.5 Å². The summed E-state index contributed by atoms with van der Waals surface area (Å²) in [5, 5.41) is 14.6. The van der Waals surface area contributed by atoms with Crippen molar-refractivity contribution in [3.05, 3.63) is 54.6 Å². The van der Waals surface area contributed by atoms with E-state index in [4.69, 9.17) is 10.00 Å². The minimum Gasteiger partial charge on any atom is -0.455 e. The number of carbonyl (C=O) groups excluding carboxylic acids is 1. The Kier molecular flexibility index (Phi) is 4.82. The maximum absolute atomic E-state index is 12.2. The molecule has 1 aliphatic rings. The highest BCUT2D eigenvalue weighted by molar-refractivity contribution is 5.91. The number of urea groups is 1. The summed E-state index contributed by atoms with van der Waals surface area (Å²) in [6.07, 6.45) is 2.86. The molecule has 1 fully saturated rings. The molecule has 0 aliphatic carbocycles. The first-order chi connectivity index (χ1) is 11.7. The van der Waals surface area contributed by atoms with Crippen molar-refractivity contribution in [3.8, 4) is 17.7 Å². The Bertz CT molecular complexity index is 742. The smallest absolute Gasteiger partial charge is 0.319 e. The fourth-order valence-corrected chi connectivity index (χ4v) is 2.59. The summed E-state index contributed by atoms with van der Waals surface area (Å²) < 4.78 is 5.82. The highest BCUT2D eigenvalue weighted by atomic mass is 16.5. The van der Waals surface area contributed by atoms with E-state index >= 15 is 0 Å². The molecule has 1 atom stereocenters. The van der Waals surface area contributed by atoms with Crippen LogP contribution in [0.2, 0.25) is 0 Å². The van der Waals surface area contributed by atoms with Crippen LogP contribution in [-0.4, -0.2) is 30.1 Å². The first-order valence-electron chi connectivity index (χ1n) is 7.79. The van der Waals surface area contributed by atoms with Crippen LogP contribution in [0.4, 0.5) is 10.5 Å². The molecule has 0 aromatic heterocycles. The zero-order valence-electron chi connectivity index (χ0n) is 13.1. The number of amides is 2. The number of hydrogen-bond donors (Lipinski definition) is 2. The second-order valence-electron chi connectivity index (χ2n) is 5.54. The van der Waals surface area contributed by atoms with Crippen molar-refractivity contribution in [1.29, 1.82) is 5.26 Å². The molecule has 122 valence electrons. The number of anilines is 1. The van der Waals surface area contributed by atoms with E-state index in [0.29, 0.717) is 30.3 Å². The molecule has 0 saturated carbocycles. The lowest BCUT2D eigenvalue weighted by molar-refractivity contribution is 0.248. The number of para-hydroxylation sites is 3. The zero-order chi connectivity index (χ0) is 16.8. The number of rotatable bonds is 4. The van der Waals surface area contributed by atoms with Crippen molar-refractivity contribution in [3.63, 3.8) is 0 Å². The van der Waals surface area contributed by atoms with E-state index in [1.54, 1.807) is 17.0 Å². The van der Waals surface area contributed by atoms with Gasteiger partial charge in [0.2, 0.25) is 0 Å². The van der Waals surface area contributed by atoms with Gasteiger partial charge in [-0.2, -0.15) is 5.26 Å². The van der Waals surface area contributed by atoms with E-state index in [1.165, 1.54) is 0 Å². The number of ether oxygens (including phenoxy) is 1. The lowest BCUT2D eigenvalue weighted by Crippen LogP contribution is -2.39. The number of nitrogens with one attached hydrogen (secondary N) is 2. The van der Waals surface area contributed by atoms with E-state index in [1.807, 2.05) is 42.5 Å². The fraction of sp³-hybridized carbons (Fsp3) is 0.222. The number of nitrogens with zero attached hydrogens (tertiary/aromatic N) is 2. The molecule has 1 heterocycles. The summed E-state index contributed by atoms with van der Waals surface area (Å²) >= 11 is 0. The van der Waals surface area contributed by atoms with Crippen LogP contribution in [0.15, 0.2) is 54.6 Å². The average Bonchev–Trinajstić information content (AvgIpc) is 3.05. The second-order valence-corrected chi connectivity index (χ2v) is 5.54. The number of hydrogen-bond acceptors (Lipinski definition) is 4. The van der Waals surface area contributed by atoms with Gasteiger partial charge in [0.15, 0.2) is 11.9 Å². The molecule has 0 radical (unpaired) electrons. The van der Waals surface area contributed by atoms with Gasteiger partial charge in [0.25, 0.3) is 0 Å². The van der Waals surface area contributed by atoms with Crippen molar-refractivity contribution in [2.75, 3.05) is 18.4 Å². The summed E-state index contributed by atoms with van der Waals surface area (Å²) in [7, 11) is 0. The Hall–Kier alpha value is -3.20. The van der Waals surface area contributed by atoms with Gasteiger partial charge in [0.05, 0.1) is 11.7 Å². The Morgan fingerprint density at radius 3 is 2.67 bits per heavy atom. The largest absolute Gasteiger partial charge is 0.455 e. The van der Waals surface area contributed by atoms with Gasteiger partial charge in [-0.25, -0.2) is 4.79 Å². The molecular formula is C18H18N4O2. The van der Waals surface area contributed by atoms with Gasteiger partial charge >= 0.3 is 6.03 Å². The molecule has 6 nitrogen and oxygen atoms in total. The predicted molar refractivity (Wildman–Crippen MR) is 90.7 cm³/mol. The first-order valence-corrected chi connectivity index (χ1v) is 7.79. The third kappa shape index (κ3) is 3.96. The van der Waals surface area contributed by atoms with E-state index in [9.17, 15) is 4.79 Å². The van der Waals surface area contributed by atoms with Crippen molar-refractivity contribution < 1.29 is 9.53 Å². The van der Waals surface area contributed by atoms with Gasteiger partial charge in [-0.1, -0.05) is 30.3 Å². The molecule has 1 aliphatic heterocycles. The van der Waals surface area contributed by atoms with Crippen molar-refractivity contribution in [2.24, 2.45) is 0 Å². The highest BCUT2D eigenvalue weighted by Crippen LogP contribution is 2.29. The molecule has 3 rings (SSSR count). The Labute approximate surface area is 140 Å². The normalized spacial score (nSPS) is 16.3. The highest BCUT2D eigenvalue weighted by Gasteiger charge is 2.23. The maximum Gasteiger partial charge on any atom is 0.319 e. The number of carbonyl (C=O) groups is 1. The van der Waals surface area contributed by atoms with Crippen molar-refractivity contribution >= 4 is 11.7 Å². The number of likely N-dealkylation sites (tertiary alicyclic amines) is 1. The van der Waals surface area contributed by atoms with E-state index in [2.05, 4.69) is 16.8 Å². The molecule has 6 heteroatoms. The third-order valence-corrected chi connectivity index (χ3v) is 3.77. The molecule has 0 spiro atoms. The third-order valence-electron chi connectivity index (χ3n) is 3.77.